The van der Waals surface area contributed by atoms with E-state index in [0.717, 1.165) is 4.68 Å². The van der Waals surface area contributed by atoms with E-state index in [1.807, 2.05) is 0 Å². The van der Waals surface area contributed by atoms with Crippen LogP contribution >= 0.6 is 11.3 Å². The molecule has 0 fully saturated rings. The molecule has 0 radical (unpaired) electrons. The number of pyridine rings is 1. The predicted molar refractivity (Wildman–Crippen MR) is 119 cm³/mol. The van der Waals surface area contributed by atoms with E-state index in [2.05, 4.69) is 19.8 Å². The van der Waals surface area contributed by atoms with Gasteiger partial charge in [-0.25, -0.2) is 4.98 Å². The number of nitrogens with one attached hydrogen (secondary N) is 1. The molecule has 31 heavy (non-hydrogen) atoms. The summed E-state index contributed by atoms with van der Waals surface area (Å²) in [6.45, 7) is 0. The maximum Gasteiger partial charge on any atom is 0.286 e. The van der Waals surface area contributed by atoms with Crippen LogP contribution in [0.4, 0.5) is 5.69 Å². The van der Waals surface area contributed by atoms with Crippen LogP contribution in [0.15, 0.2) is 79.3 Å². The van der Waals surface area contributed by atoms with Crippen molar-refractivity contribution in [2.45, 2.75) is 4.90 Å². The van der Waals surface area contributed by atoms with E-state index in [1.165, 1.54) is 23.6 Å². The fraction of sp³-hybridized carbons (Fsp3) is 0. The topological polar surface area (TPSA) is 126 Å². The molecule has 154 valence electrons. The van der Waals surface area contributed by atoms with Crippen molar-refractivity contribution in [2.24, 2.45) is 9.50 Å². The molecular weight excluding hydrogens is 438 g/mol. The van der Waals surface area contributed by atoms with Crippen molar-refractivity contribution in [2.75, 3.05) is 5.32 Å². The van der Waals surface area contributed by atoms with Gasteiger partial charge >= 0.3 is 0 Å². The Morgan fingerprint density at radius 1 is 1.13 bits per heavy atom. The highest BCUT2D eigenvalue weighted by atomic mass is 32.2. The summed E-state index contributed by atoms with van der Waals surface area (Å²) < 4.78 is 30.1. The second-order valence-electron chi connectivity index (χ2n) is 6.51. The fourth-order valence-corrected chi connectivity index (χ4v) is 4.88. The number of anilines is 1. The van der Waals surface area contributed by atoms with Crippen molar-refractivity contribution in [3.63, 3.8) is 0 Å². The molecular formula is C20H13N5O4S2. The van der Waals surface area contributed by atoms with Gasteiger partial charge in [0.2, 0.25) is 0 Å². The van der Waals surface area contributed by atoms with E-state index in [0.29, 0.717) is 15.9 Å². The van der Waals surface area contributed by atoms with Crippen molar-refractivity contribution in [1.82, 2.24) is 9.66 Å². The van der Waals surface area contributed by atoms with Gasteiger partial charge in [0.1, 0.15) is 21.2 Å². The Morgan fingerprint density at radius 2 is 1.90 bits per heavy atom. The van der Waals surface area contributed by atoms with Gasteiger partial charge in [0.25, 0.3) is 15.6 Å². The zero-order valence-electron chi connectivity index (χ0n) is 15.6. The molecule has 2 aromatic carbocycles. The molecule has 3 heterocycles. The van der Waals surface area contributed by atoms with Crippen LogP contribution < -0.4 is 10.9 Å². The summed E-state index contributed by atoms with van der Waals surface area (Å²) >= 11 is 1.34. The van der Waals surface area contributed by atoms with Crippen molar-refractivity contribution in [3.05, 3.63) is 81.0 Å². The number of thiazole rings is 1. The lowest BCUT2D eigenvalue weighted by molar-refractivity contribution is 0.478. The van der Waals surface area contributed by atoms with Crippen LogP contribution in [-0.2, 0) is 10.0 Å². The molecule has 4 aromatic rings. The highest BCUT2D eigenvalue weighted by Crippen LogP contribution is 2.32. The first kappa shape index (κ1) is 19.2. The Labute approximate surface area is 179 Å². The van der Waals surface area contributed by atoms with Gasteiger partial charge in [-0.15, -0.1) is 15.7 Å². The number of para-hydroxylation sites is 2. The SMILES string of the molecule is O=c1c(C2=NS(=O)(=O)c3ccccc3N2)c(O)c2ccccc2n1/N=C/c1nccs1. The minimum Gasteiger partial charge on any atom is -0.506 e. The van der Waals surface area contributed by atoms with Crippen molar-refractivity contribution >= 4 is 50.0 Å². The molecule has 0 aliphatic carbocycles. The first-order chi connectivity index (χ1) is 15.0. The largest absolute Gasteiger partial charge is 0.506 e. The van der Waals surface area contributed by atoms with Crippen LogP contribution in [0.5, 0.6) is 5.75 Å². The summed E-state index contributed by atoms with van der Waals surface area (Å²) in [5.74, 6) is -0.660. The van der Waals surface area contributed by atoms with Gasteiger partial charge in [0.15, 0.2) is 5.84 Å². The second-order valence-corrected chi connectivity index (χ2v) is 9.01. The zero-order valence-corrected chi connectivity index (χ0v) is 17.3. The molecule has 5 rings (SSSR count). The lowest BCUT2D eigenvalue weighted by Crippen LogP contribution is -2.31. The molecule has 0 unspecified atom stereocenters. The highest BCUT2D eigenvalue weighted by molar-refractivity contribution is 7.90. The zero-order chi connectivity index (χ0) is 21.6. The standard InChI is InChI=1S/C20H13N5O4S2/c26-18-12-5-1-3-7-14(12)25(22-11-16-21-9-10-30-16)20(27)17(18)19-23-13-6-2-4-8-15(13)31(28,29)24-19/h1-11,26H,(H,23,24)/b22-11+. The van der Waals surface area contributed by atoms with Gasteiger partial charge in [-0.05, 0) is 24.3 Å². The van der Waals surface area contributed by atoms with Crippen LogP contribution in [0.25, 0.3) is 10.9 Å². The number of hydrogen-bond acceptors (Lipinski definition) is 8. The number of aromatic hydroxyl groups is 1. The van der Waals surface area contributed by atoms with Crippen LogP contribution in [0.3, 0.4) is 0 Å². The van der Waals surface area contributed by atoms with Gasteiger partial charge in [0.05, 0.1) is 17.4 Å². The monoisotopic (exact) mass is 451 g/mol. The maximum absolute atomic E-state index is 13.3. The van der Waals surface area contributed by atoms with Crippen LogP contribution in [0.1, 0.15) is 10.6 Å². The van der Waals surface area contributed by atoms with Crippen LogP contribution in [-0.4, -0.2) is 35.2 Å². The smallest absolute Gasteiger partial charge is 0.286 e. The maximum atomic E-state index is 13.3. The Bertz CT molecular complexity index is 1550. The number of aromatic nitrogens is 2. The number of amidine groups is 1. The van der Waals surface area contributed by atoms with E-state index in [1.54, 1.807) is 54.0 Å². The van der Waals surface area contributed by atoms with E-state index < -0.39 is 15.6 Å². The lowest BCUT2D eigenvalue weighted by atomic mass is 10.1. The summed E-state index contributed by atoms with van der Waals surface area (Å²) in [5, 5.41) is 20.6. The van der Waals surface area contributed by atoms with E-state index in [9.17, 15) is 18.3 Å². The van der Waals surface area contributed by atoms with Crippen molar-refractivity contribution < 1.29 is 13.5 Å². The number of rotatable bonds is 3. The van der Waals surface area contributed by atoms with Gasteiger partial charge < -0.3 is 10.4 Å². The summed E-state index contributed by atoms with van der Waals surface area (Å²) in [7, 11) is -4.07. The average molecular weight is 451 g/mol. The molecule has 0 saturated carbocycles. The first-order valence-corrected chi connectivity index (χ1v) is 11.3. The summed E-state index contributed by atoms with van der Waals surface area (Å²) in [6, 6.07) is 12.8. The van der Waals surface area contributed by atoms with E-state index in [-0.39, 0.29) is 27.7 Å². The molecule has 1 aliphatic rings. The second kappa shape index (κ2) is 7.15. The number of fused-ring (bicyclic) bond motifs is 2. The molecule has 0 saturated heterocycles. The van der Waals surface area contributed by atoms with E-state index in [4.69, 9.17) is 0 Å². The quantitative estimate of drug-likeness (QED) is 0.461. The van der Waals surface area contributed by atoms with E-state index >= 15 is 0 Å². The Hall–Kier alpha value is -3.83. The molecule has 1 aliphatic heterocycles. The molecule has 2 aromatic heterocycles. The Balaban J connectivity index is 1.77. The third kappa shape index (κ3) is 3.20. The summed E-state index contributed by atoms with van der Waals surface area (Å²) in [5.41, 5.74) is -0.420. The summed E-state index contributed by atoms with van der Waals surface area (Å²) in [4.78, 5) is 17.4. The molecule has 0 bridgehead atoms. The van der Waals surface area contributed by atoms with Crippen LogP contribution in [0, 0.1) is 0 Å². The third-order valence-corrected chi connectivity index (χ3v) is 6.68. The Morgan fingerprint density at radius 3 is 2.71 bits per heavy atom. The van der Waals surface area contributed by atoms with Gasteiger partial charge in [-0.1, -0.05) is 24.3 Å². The normalized spacial score (nSPS) is 14.9. The third-order valence-electron chi connectivity index (χ3n) is 4.63. The Kier molecular flexibility index (Phi) is 4.41. The lowest BCUT2D eigenvalue weighted by Gasteiger charge is -2.19. The minimum atomic E-state index is -4.07. The van der Waals surface area contributed by atoms with Gasteiger partial charge in [-0.3, -0.25) is 4.79 Å². The van der Waals surface area contributed by atoms with Gasteiger partial charge in [-0.2, -0.15) is 18.2 Å². The minimum absolute atomic E-state index is 0.0128. The van der Waals surface area contributed by atoms with Gasteiger partial charge in [0, 0.05) is 17.0 Å². The number of nitrogens with zero attached hydrogens (tertiary/aromatic N) is 4. The molecule has 0 spiro atoms. The number of benzene rings is 2. The molecule has 0 atom stereocenters. The van der Waals surface area contributed by atoms with Crippen molar-refractivity contribution in [1.29, 1.82) is 0 Å². The molecule has 2 N–H and O–H groups in total. The fourth-order valence-electron chi connectivity index (χ4n) is 3.27. The summed E-state index contributed by atoms with van der Waals surface area (Å²) in [6.07, 6.45) is 3.03. The molecule has 9 nitrogen and oxygen atoms in total. The number of sulfonamides is 1. The van der Waals surface area contributed by atoms with Crippen molar-refractivity contribution in [3.8, 4) is 5.75 Å². The average Bonchev–Trinajstić information content (AvgIpc) is 3.27. The highest BCUT2D eigenvalue weighted by Gasteiger charge is 2.29. The molecule has 11 heteroatoms. The predicted octanol–water partition coefficient (Wildman–Crippen LogP) is 2.61. The number of hydrogen-bond donors (Lipinski definition) is 2. The first-order valence-electron chi connectivity index (χ1n) is 8.98. The molecule has 0 amide bonds. The van der Waals surface area contributed by atoms with Crippen LogP contribution in [0.2, 0.25) is 0 Å².